The van der Waals surface area contributed by atoms with Gasteiger partial charge >= 0.3 is 0 Å². The molecule has 0 saturated heterocycles. The minimum absolute atomic E-state index is 1.04. The van der Waals surface area contributed by atoms with Crippen LogP contribution >= 0.6 is 0 Å². The first-order valence-electron chi connectivity index (χ1n) is 7.24. The number of hydrogen-bond donors (Lipinski definition) is 0. The first kappa shape index (κ1) is 13.1. The SMILES string of the molecule is CCCC(CCC)CC1C(C)C1CCC. The zero-order valence-corrected chi connectivity index (χ0v) is 11.3. The fourth-order valence-corrected chi connectivity index (χ4v) is 3.42. The van der Waals surface area contributed by atoms with E-state index in [0.717, 1.165) is 23.7 Å². The summed E-state index contributed by atoms with van der Waals surface area (Å²) in [5.74, 6) is 4.26. The third-order valence-corrected chi connectivity index (χ3v) is 4.38. The summed E-state index contributed by atoms with van der Waals surface area (Å²) in [5.41, 5.74) is 0. The Kier molecular flexibility index (Phi) is 5.71. The van der Waals surface area contributed by atoms with E-state index in [-0.39, 0.29) is 0 Å². The van der Waals surface area contributed by atoms with Gasteiger partial charge in [-0.2, -0.15) is 0 Å². The summed E-state index contributed by atoms with van der Waals surface area (Å²) in [6.07, 6.45) is 10.1. The maximum atomic E-state index is 2.47. The molecule has 1 aliphatic carbocycles. The van der Waals surface area contributed by atoms with Crippen molar-refractivity contribution in [1.29, 1.82) is 0 Å². The maximum absolute atomic E-state index is 2.47. The molecule has 1 aliphatic rings. The Morgan fingerprint density at radius 3 is 1.93 bits per heavy atom. The minimum atomic E-state index is 1.04. The molecular formula is C15H30. The van der Waals surface area contributed by atoms with Crippen molar-refractivity contribution < 1.29 is 0 Å². The van der Waals surface area contributed by atoms with Crippen LogP contribution in [0.2, 0.25) is 0 Å². The first-order valence-corrected chi connectivity index (χ1v) is 7.24. The smallest absolute Gasteiger partial charge is 0.0352 e. The van der Waals surface area contributed by atoms with E-state index in [2.05, 4.69) is 27.7 Å². The van der Waals surface area contributed by atoms with Gasteiger partial charge in [0.05, 0.1) is 0 Å². The topological polar surface area (TPSA) is 0 Å². The van der Waals surface area contributed by atoms with Gasteiger partial charge in [-0.05, 0) is 30.1 Å². The van der Waals surface area contributed by atoms with E-state index in [4.69, 9.17) is 0 Å². The molecule has 0 aromatic rings. The van der Waals surface area contributed by atoms with E-state index in [0.29, 0.717) is 0 Å². The Balaban J connectivity index is 2.26. The van der Waals surface area contributed by atoms with Gasteiger partial charge in [0.15, 0.2) is 0 Å². The monoisotopic (exact) mass is 210 g/mol. The van der Waals surface area contributed by atoms with Crippen LogP contribution in [0.4, 0.5) is 0 Å². The zero-order chi connectivity index (χ0) is 11.3. The lowest BCUT2D eigenvalue weighted by molar-refractivity contribution is 0.374. The Bertz CT molecular complexity index is 155. The molecule has 1 fully saturated rings. The molecular weight excluding hydrogens is 180 g/mol. The van der Waals surface area contributed by atoms with Gasteiger partial charge in [-0.1, -0.05) is 66.2 Å². The molecule has 0 heteroatoms. The average Bonchev–Trinajstić information content (AvgIpc) is 2.79. The second kappa shape index (κ2) is 6.55. The highest BCUT2D eigenvalue weighted by Gasteiger charge is 2.45. The van der Waals surface area contributed by atoms with Crippen LogP contribution < -0.4 is 0 Å². The van der Waals surface area contributed by atoms with Crippen LogP contribution in [-0.2, 0) is 0 Å². The van der Waals surface area contributed by atoms with E-state index < -0.39 is 0 Å². The Labute approximate surface area is 96.8 Å². The predicted molar refractivity (Wildman–Crippen MR) is 69.0 cm³/mol. The Morgan fingerprint density at radius 2 is 1.47 bits per heavy atom. The second-order valence-electron chi connectivity index (χ2n) is 5.65. The predicted octanol–water partition coefficient (Wildman–Crippen LogP) is 5.28. The summed E-state index contributed by atoms with van der Waals surface area (Å²) in [5, 5.41) is 0. The molecule has 0 N–H and O–H groups in total. The number of hydrogen-bond acceptors (Lipinski definition) is 0. The van der Waals surface area contributed by atoms with E-state index >= 15 is 0 Å². The molecule has 0 nitrogen and oxygen atoms in total. The van der Waals surface area contributed by atoms with Crippen molar-refractivity contribution in [2.75, 3.05) is 0 Å². The normalized spacial score (nSPS) is 29.8. The highest BCUT2D eigenvalue weighted by molar-refractivity contribution is 4.94. The van der Waals surface area contributed by atoms with Crippen LogP contribution in [0, 0.1) is 23.7 Å². The summed E-state index contributed by atoms with van der Waals surface area (Å²) < 4.78 is 0. The van der Waals surface area contributed by atoms with E-state index in [9.17, 15) is 0 Å². The summed E-state index contributed by atoms with van der Waals surface area (Å²) >= 11 is 0. The van der Waals surface area contributed by atoms with E-state index in [1.165, 1.54) is 44.9 Å². The van der Waals surface area contributed by atoms with Gasteiger partial charge in [-0.3, -0.25) is 0 Å². The molecule has 3 atom stereocenters. The first-order chi connectivity index (χ1) is 7.24. The van der Waals surface area contributed by atoms with Gasteiger partial charge in [0.2, 0.25) is 0 Å². The molecule has 90 valence electrons. The molecule has 0 aromatic heterocycles. The fraction of sp³-hybridized carbons (Fsp3) is 1.00. The quantitative estimate of drug-likeness (QED) is 0.511. The van der Waals surface area contributed by atoms with Gasteiger partial charge in [0.25, 0.3) is 0 Å². The van der Waals surface area contributed by atoms with Crippen LogP contribution in [0.1, 0.15) is 72.6 Å². The molecule has 15 heavy (non-hydrogen) atoms. The summed E-state index contributed by atoms with van der Waals surface area (Å²) in [6.45, 7) is 9.47. The third-order valence-electron chi connectivity index (χ3n) is 4.38. The van der Waals surface area contributed by atoms with Gasteiger partial charge < -0.3 is 0 Å². The lowest BCUT2D eigenvalue weighted by Gasteiger charge is -2.14. The third kappa shape index (κ3) is 3.81. The van der Waals surface area contributed by atoms with Crippen LogP contribution in [0.5, 0.6) is 0 Å². The standard InChI is InChI=1S/C15H30/c1-5-8-13(9-6-2)11-15-12(4)14(15)10-7-3/h12-15H,5-11H2,1-4H3. The van der Waals surface area contributed by atoms with Crippen LogP contribution in [0.25, 0.3) is 0 Å². The van der Waals surface area contributed by atoms with Crippen molar-refractivity contribution in [1.82, 2.24) is 0 Å². The van der Waals surface area contributed by atoms with Crippen molar-refractivity contribution in [2.24, 2.45) is 23.7 Å². The summed E-state index contributed by atoms with van der Waals surface area (Å²) in [6, 6.07) is 0. The largest absolute Gasteiger partial charge is 0.0654 e. The van der Waals surface area contributed by atoms with Gasteiger partial charge in [0.1, 0.15) is 0 Å². The van der Waals surface area contributed by atoms with Gasteiger partial charge in [-0.15, -0.1) is 0 Å². The highest BCUT2D eigenvalue weighted by Crippen LogP contribution is 2.52. The molecule has 0 spiro atoms. The molecule has 1 rings (SSSR count). The van der Waals surface area contributed by atoms with Gasteiger partial charge in [-0.25, -0.2) is 0 Å². The van der Waals surface area contributed by atoms with Crippen molar-refractivity contribution in [2.45, 2.75) is 72.6 Å². The molecule has 1 saturated carbocycles. The molecule has 0 aromatic carbocycles. The van der Waals surface area contributed by atoms with Crippen molar-refractivity contribution in [3.05, 3.63) is 0 Å². The zero-order valence-electron chi connectivity index (χ0n) is 11.3. The molecule has 0 heterocycles. The van der Waals surface area contributed by atoms with Crippen molar-refractivity contribution >= 4 is 0 Å². The fourth-order valence-electron chi connectivity index (χ4n) is 3.42. The molecule has 0 amide bonds. The van der Waals surface area contributed by atoms with Crippen molar-refractivity contribution in [3.63, 3.8) is 0 Å². The van der Waals surface area contributed by atoms with E-state index in [1.807, 2.05) is 0 Å². The number of rotatable bonds is 8. The molecule has 0 aliphatic heterocycles. The molecule has 0 bridgehead atoms. The Hall–Kier alpha value is 0. The average molecular weight is 210 g/mol. The van der Waals surface area contributed by atoms with Crippen LogP contribution in [0.15, 0.2) is 0 Å². The van der Waals surface area contributed by atoms with Crippen molar-refractivity contribution in [3.8, 4) is 0 Å². The Morgan fingerprint density at radius 1 is 0.867 bits per heavy atom. The summed E-state index contributed by atoms with van der Waals surface area (Å²) in [4.78, 5) is 0. The minimum Gasteiger partial charge on any atom is -0.0654 e. The summed E-state index contributed by atoms with van der Waals surface area (Å²) in [7, 11) is 0. The van der Waals surface area contributed by atoms with E-state index in [1.54, 1.807) is 0 Å². The second-order valence-corrected chi connectivity index (χ2v) is 5.65. The lowest BCUT2D eigenvalue weighted by atomic mass is 9.91. The van der Waals surface area contributed by atoms with Gasteiger partial charge in [0, 0.05) is 0 Å². The van der Waals surface area contributed by atoms with Crippen LogP contribution in [-0.4, -0.2) is 0 Å². The molecule has 0 radical (unpaired) electrons. The molecule has 3 unspecified atom stereocenters. The maximum Gasteiger partial charge on any atom is -0.0352 e. The lowest BCUT2D eigenvalue weighted by Crippen LogP contribution is -2.02. The van der Waals surface area contributed by atoms with Crippen LogP contribution in [0.3, 0.4) is 0 Å². The highest BCUT2D eigenvalue weighted by atomic mass is 14.5.